The van der Waals surface area contributed by atoms with Gasteiger partial charge in [-0.2, -0.15) is 0 Å². The lowest BCUT2D eigenvalue weighted by molar-refractivity contribution is 0.0950. The zero-order valence-electron chi connectivity index (χ0n) is 12.9. The Bertz CT molecular complexity index is 440. The van der Waals surface area contributed by atoms with Crippen molar-refractivity contribution in [3.63, 3.8) is 0 Å². The number of hydrogen-bond acceptors (Lipinski definition) is 5. The second-order valence-electron chi connectivity index (χ2n) is 5.46. The van der Waals surface area contributed by atoms with E-state index in [-0.39, 0.29) is 5.91 Å². The number of carbonyl (C=O) groups is 1. The average molecular weight is 291 g/mol. The Labute approximate surface area is 126 Å². The van der Waals surface area contributed by atoms with Gasteiger partial charge in [-0.25, -0.2) is 0 Å². The molecule has 0 aliphatic carbocycles. The molecule has 116 valence electrons. The fourth-order valence-corrected chi connectivity index (χ4v) is 2.67. The topological polar surface area (TPSA) is 70.2 Å². The van der Waals surface area contributed by atoms with E-state index in [9.17, 15) is 4.79 Å². The number of anilines is 1. The smallest absolute Gasteiger partial charge is 0.271 e. The highest BCUT2D eigenvalue weighted by molar-refractivity contribution is 5.92. The maximum absolute atomic E-state index is 11.6. The van der Waals surface area contributed by atoms with Gasteiger partial charge < -0.3 is 15.5 Å². The monoisotopic (exact) mass is 291 g/mol. The molecule has 0 radical (unpaired) electrons. The van der Waals surface area contributed by atoms with Crippen molar-refractivity contribution in [3.05, 3.63) is 17.8 Å². The highest BCUT2D eigenvalue weighted by Gasteiger charge is 2.20. The largest absolute Gasteiger partial charge is 0.355 e. The lowest BCUT2D eigenvalue weighted by Gasteiger charge is -2.32. The molecule has 1 aromatic heterocycles. The van der Waals surface area contributed by atoms with Crippen LogP contribution in [0.1, 0.15) is 36.7 Å². The van der Waals surface area contributed by atoms with Gasteiger partial charge in [0.15, 0.2) is 11.5 Å². The molecule has 6 heteroatoms. The first-order valence-corrected chi connectivity index (χ1v) is 7.76. The number of rotatable bonds is 6. The van der Waals surface area contributed by atoms with Crippen LogP contribution in [0.2, 0.25) is 0 Å². The third kappa shape index (κ3) is 4.39. The van der Waals surface area contributed by atoms with Crippen LogP contribution >= 0.6 is 0 Å². The molecular formula is C15H25N5O. The van der Waals surface area contributed by atoms with Gasteiger partial charge in [0.2, 0.25) is 0 Å². The molecule has 1 saturated heterocycles. The molecule has 0 unspecified atom stereocenters. The first-order chi connectivity index (χ1) is 10.2. The molecule has 0 saturated carbocycles. The van der Waals surface area contributed by atoms with E-state index in [4.69, 9.17) is 0 Å². The van der Waals surface area contributed by atoms with Gasteiger partial charge in [0.05, 0.1) is 0 Å². The van der Waals surface area contributed by atoms with E-state index in [2.05, 4.69) is 25.7 Å². The van der Waals surface area contributed by atoms with Crippen LogP contribution in [-0.4, -0.2) is 49.3 Å². The third-order valence-electron chi connectivity index (χ3n) is 3.96. The van der Waals surface area contributed by atoms with E-state index in [0.29, 0.717) is 12.2 Å². The molecule has 2 heterocycles. The molecule has 6 nitrogen and oxygen atoms in total. The minimum absolute atomic E-state index is 0.165. The number of nitrogens with zero attached hydrogens (tertiary/aromatic N) is 3. The number of carbonyl (C=O) groups excluding carboxylic acids is 1. The van der Waals surface area contributed by atoms with Gasteiger partial charge in [0.25, 0.3) is 5.91 Å². The van der Waals surface area contributed by atoms with Crippen molar-refractivity contribution in [2.75, 3.05) is 38.1 Å². The first-order valence-electron chi connectivity index (χ1n) is 7.76. The standard InChI is InChI=1S/C15H25N5O/c1-3-17-15(21)13-4-5-14(19-18-13)20-10-7-12(8-11-20)6-9-16-2/h4-5,12,16H,3,6-11H2,1-2H3,(H,17,21). The summed E-state index contributed by atoms with van der Waals surface area (Å²) in [6.45, 7) is 5.61. The Morgan fingerprint density at radius 2 is 2.10 bits per heavy atom. The van der Waals surface area contributed by atoms with E-state index >= 15 is 0 Å². The summed E-state index contributed by atoms with van der Waals surface area (Å²) in [5.41, 5.74) is 0.379. The minimum atomic E-state index is -0.165. The van der Waals surface area contributed by atoms with Gasteiger partial charge in [-0.15, -0.1) is 10.2 Å². The predicted molar refractivity (Wildman–Crippen MR) is 83.5 cm³/mol. The second kappa shape index (κ2) is 7.93. The molecule has 2 rings (SSSR count). The zero-order valence-corrected chi connectivity index (χ0v) is 12.9. The quantitative estimate of drug-likeness (QED) is 0.820. The molecule has 0 aromatic carbocycles. The Hall–Kier alpha value is -1.69. The average Bonchev–Trinajstić information content (AvgIpc) is 2.54. The molecular weight excluding hydrogens is 266 g/mol. The number of hydrogen-bond donors (Lipinski definition) is 2. The third-order valence-corrected chi connectivity index (χ3v) is 3.96. The van der Waals surface area contributed by atoms with Crippen LogP contribution in [0.4, 0.5) is 5.82 Å². The summed E-state index contributed by atoms with van der Waals surface area (Å²) in [5.74, 6) is 1.51. The summed E-state index contributed by atoms with van der Waals surface area (Å²) in [7, 11) is 2.00. The lowest BCUT2D eigenvalue weighted by Crippen LogP contribution is -2.35. The van der Waals surface area contributed by atoms with E-state index in [1.54, 1.807) is 6.07 Å². The summed E-state index contributed by atoms with van der Waals surface area (Å²) in [5, 5.41) is 14.2. The van der Waals surface area contributed by atoms with Crippen molar-refractivity contribution in [3.8, 4) is 0 Å². The van der Waals surface area contributed by atoms with Crippen LogP contribution in [0.3, 0.4) is 0 Å². The molecule has 1 aromatic rings. The first kappa shape index (κ1) is 15.7. The Balaban J connectivity index is 1.87. The molecule has 1 aliphatic heterocycles. The Morgan fingerprint density at radius 1 is 1.33 bits per heavy atom. The molecule has 0 atom stereocenters. The number of piperidine rings is 1. The SMILES string of the molecule is CCNC(=O)c1ccc(N2CCC(CCNC)CC2)nn1. The minimum Gasteiger partial charge on any atom is -0.355 e. The lowest BCUT2D eigenvalue weighted by atomic mass is 9.93. The van der Waals surface area contributed by atoms with E-state index < -0.39 is 0 Å². The molecule has 0 bridgehead atoms. The number of nitrogens with one attached hydrogen (secondary N) is 2. The van der Waals surface area contributed by atoms with E-state index in [1.165, 1.54) is 19.3 Å². The fourth-order valence-electron chi connectivity index (χ4n) is 2.67. The van der Waals surface area contributed by atoms with Crippen molar-refractivity contribution in [2.24, 2.45) is 5.92 Å². The second-order valence-corrected chi connectivity index (χ2v) is 5.46. The van der Waals surface area contributed by atoms with Crippen LogP contribution in [-0.2, 0) is 0 Å². The van der Waals surface area contributed by atoms with Crippen LogP contribution < -0.4 is 15.5 Å². The van der Waals surface area contributed by atoms with Gasteiger partial charge in [0.1, 0.15) is 0 Å². The maximum atomic E-state index is 11.6. The van der Waals surface area contributed by atoms with Crippen molar-refractivity contribution in [1.82, 2.24) is 20.8 Å². The normalized spacial score (nSPS) is 16.0. The number of aromatic nitrogens is 2. The summed E-state index contributed by atoms with van der Waals surface area (Å²) < 4.78 is 0. The molecule has 0 spiro atoms. The Morgan fingerprint density at radius 3 is 2.67 bits per heavy atom. The molecule has 1 fully saturated rings. The van der Waals surface area contributed by atoms with Gasteiger partial charge in [-0.1, -0.05) is 0 Å². The zero-order chi connectivity index (χ0) is 15.1. The van der Waals surface area contributed by atoms with Crippen molar-refractivity contribution >= 4 is 11.7 Å². The van der Waals surface area contributed by atoms with Crippen LogP contribution in [0.25, 0.3) is 0 Å². The van der Waals surface area contributed by atoms with Crippen LogP contribution in [0.5, 0.6) is 0 Å². The van der Waals surface area contributed by atoms with Gasteiger partial charge in [-0.3, -0.25) is 4.79 Å². The molecule has 1 amide bonds. The van der Waals surface area contributed by atoms with Gasteiger partial charge in [0, 0.05) is 19.6 Å². The van der Waals surface area contributed by atoms with Gasteiger partial charge >= 0.3 is 0 Å². The maximum Gasteiger partial charge on any atom is 0.271 e. The highest BCUT2D eigenvalue weighted by atomic mass is 16.1. The summed E-state index contributed by atoms with van der Waals surface area (Å²) in [6, 6.07) is 3.64. The van der Waals surface area contributed by atoms with E-state index in [1.807, 2.05) is 20.0 Å². The van der Waals surface area contributed by atoms with Crippen molar-refractivity contribution in [2.45, 2.75) is 26.2 Å². The molecule has 21 heavy (non-hydrogen) atoms. The highest BCUT2D eigenvalue weighted by Crippen LogP contribution is 2.23. The van der Waals surface area contributed by atoms with Crippen molar-refractivity contribution in [1.29, 1.82) is 0 Å². The van der Waals surface area contributed by atoms with Crippen LogP contribution in [0.15, 0.2) is 12.1 Å². The summed E-state index contributed by atoms with van der Waals surface area (Å²) in [4.78, 5) is 13.9. The van der Waals surface area contributed by atoms with Crippen molar-refractivity contribution < 1.29 is 4.79 Å². The van der Waals surface area contributed by atoms with E-state index in [0.717, 1.165) is 31.4 Å². The van der Waals surface area contributed by atoms with Gasteiger partial charge in [-0.05, 0) is 57.8 Å². The Kier molecular flexibility index (Phi) is 5.92. The molecule has 2 N–H and O–H groups in total. The van der Waals surface area contributed by atoms with Crippen LogP contribution in [0, 0.1) is 5.92 Å². The molecule has 1 aliphatic rings. The summed E-state index contributed by atoms with van der Waals surface area (Å²) in [6.07, 6.45) is 3.63. The summed E-state index contributed by atoms with van der Waals surface area (Å²) >= 11 is 0. The fraction of sp³-hybridized carbons (Fsp3) is 0.667. The predicted octanol–water partition coefficient (Wildman–Crippen LogP) is 1.05. The number of amides is 1.